The smallest absolute Gasteiger partial charge is 0.240 e. The molecule has 7 rings (SSSR count). The minimum absolute atomic E-state index is 0.242. The predicted octanol–water partition coefficient (Wildman–Crippen LogP) is 6.09. The second-order valence-corrected chi connectivity index (χ2v) is 10.1. The van der Waals surface area contributed by atoms with Gasteiger partial charge in [-0.25, -0.2) is 4.90 Å². The van der Waals surface area contributed by atoms with E-state index in [2.05, 4.69) is 0 Å². The minimum atomic E-state index is -1.22. The Morgan fingerprint density at radius 3 is 1.52 bits per heavy atom. The van der Waals surface area contributed by atoms with Crippen LogP contribution in [0.4, 0.5) is 5.69 Å². The molecule has 3 aromatic rings. The molecule has 31 heavy (non-hydrogen) atoms. The number of carbonyl (C=O) groups excluding carboxylic acids is 2. The van der Waals surface area contributed by atoms with Gasteiger partial charge in [0.1, 0.15) is 9.75 Å². The summed E-state index contributed by atoms with van der Waals surface area (Å²) in [6.07, 6.45) is 0. The van der Waals surface area contributed by atoms with Crippen LogP contribution in [0.15, 0.2) is 66.7 Å². The molecular weight excluding hydrogens is 476 g/mol. The first-order chi connectivity index (χ1) is 14.8. The van der Waals surface area contributed by atoms with Gasteiger partial charge in [0.2, 0.25) is 11.8 Å². The Balaban J connectivity index is 1.67. The van der Waals surface area contributed by atoms with Crippen molar-refractivity contribution in [1.29, 1.82) is 0 Å². The van der Waals surface area contributed by atoms with Gasteiger partial charge in [-0.3, -0.25) is 9.59 Å². The predicted molar refractivity (Wildman–Crippen MR) is 122 cm³/mol. The molecule has 0 aromatic heterocycles. The molecule has 154 valence electrons. The third-order valence-corrected chi connectivity index (χ3v) is 8.57. The lowest BCUT2D eigenvalue weighted by Gasteiger charge is -2.54. The first kappa shape index (κ1) is 19.6. The van der Waals surface area contributed by atoms with Crippen molar-refractivity contribution in [3.63, 3.8) is 0 Å². The molecule has 0 radical (unpaired) electrons. The van der Waals surface area contributed by atoms with Crippen LogP contribution >= 0.6 is 46.4 Å². The van der Waals surface area contributed by atoms with Crippen molar-refractivity contribution in [2.75, 3.05) is 4.90 Å². The average Bonchev–Trinajstić information content (AvgIpc) is 3.05. The van der Waals surface area contributed by atoms with E-state index < -0.39 is 33.4 Å². The fraction of sp³-hybridized carbons (Fsp3) is 0.167. The Kier molecular flexibility index (Phi) is 3.97. The van der Waals surface area contributed by atoms with Crippen LogP contribution in [-0.2, 0) is 19.3 Å². The Hall–Kier alpha value is -2.04. The van der Waals surface area contributed by atoms with Crippen LogP contribution in [0.2, 0.25) is 10.0 Å². The van der Waals surface area contributed by atoms with Crippen molar-refractivity contribution >= 4 is 63.9 Å². The monoisotopic (exact) mass is 487 g/mol. The zero-order valence-electron chi connectivity index (χ0n) is 15.8. The molecule has 3 nitrogen and oxygen atoms in total. The maximum absolute atomic E-state index is 13.8. The van der Waals surface area contributed by atoms with Gasteiger partial charge in [0, 0.05) is 5.02 Å². The number of carbonyl (C=O) groups is 2. The van der Waals surface area contributed by atoms with E-state index in [-0.39, 0.29) is 10.7 Å². The van der Waals surface area contributed by atoms with E-state index >= 15 is 0 Å². The van der Waals surface area contributed by atoms with Crippen LogP contribution in [0.1, 0.15) is 22.3 Å². The zero-order valence-corrected chi connectivity index (χ0v) is 18.8. The second-order valence-electron chi connectivity index (χ2n) is 8.08. The van der Waals surface area contributed by atoms with Crippen LogP contribution < -0.4 is 4.90 Å². The molecule has 2 bridgehead atoms. The average molecular weight is 489 g/mol. The van der Waals surface area contributed by atoms with E-state index in [1.807, 2.05) is 48.5 Å². The molecule has 1 saturated heterocycles. The largest absolute Gasteiger partial charge is 0.274 e. The fourth-order valence-corrected chi connectivity index (χ4v) is 7.03. The van der Waals surface area contributed by atoms with Crippen LogP contribution in [0.5, 0.6) is 0 Å². The van der Waals surface area contributed by atoms with Gasteiger partial charge in [-0.1, -0.05) is 71.7 Å². The number of halogens is 4. The van der Waals surface area contributed by atoms with Gasteiger partial charge >= 0.3 is 0 Å². The van der Waals surface area contributed by atoms with E-state index in [1.54, 1.807) is 12.1 Å². The summed E-state index contributed by atoms with van der Waals surface area (Å²) in [4.78, 5) is 26.3. The number of anilines is 1. The lowest BCUT2D eigenvalue weighted by molar-refractivity contribution is -0.122. The first-order valence-electron chi connectivity index (χ1n) is 9.72. The summed E-state index contributed by atoms with van der Waals surface area (Å²) in [5.41, 5.74) is 3.27. The van der Waals surface area contributed by atoms with Crippen molar-refractivity contribution in [3.8, 4) is 0 Å². The molecule has 0 N–H and O–H groups in total. The van der Waals surface area contributed by atoms with Gasteiger partial charge in [-0.15, -0.1) is 23.2 Å². The summed E-state index contributed by atoms with van der Waals surface area (Å²) in [6, 6.07) is 19.7. The van der Waals surface area contributed by atoms with Crippen LogP contribution in [0.25, 0.3) is 0 Å². The van der Waals surface area contributed by atoms with Gasteiger partial charge in [0.25, 0.3) is 0 Å². The summed E-state index contributed by atoms with van der Waals surface area (Å²) in [6.45, 7) is 0. The van der Waals surface area contributed by atoms with Gasteiger partial charge in [-0.2, -0.15) is 0 Å². The molecule has 1 aliphatic heterocycles. The Morgan fingerprint density at radius 2 is 1.10 bits per heavy atom. The molecule has 0 spiro atoms. The maximum atomic E-state index is 13.8. The van der Waals surface area contributed by atoms with Crippen molar-refractivity contribution in [2.45, 2.75) is 9.75 Å². The van der Waals surface area contributed by atoms with E-state index in [1.165, 1.54) is 6.07 Å². The van der Waals surface area contributed by atoms with Crippen molar-refractivity contribution in [2.24, 2.45) is 11.8 Å². The Morgan fingerprint density at radius 1 is 0.677 bits per heavy atom. The number of imide groups is 1. The Labute approximate surface area is 198 Å². The molecule has 1 heterocycles. The number of hydrogen-bond acceptors (Lipinski definition) is 2. The molecule has 0 unspecified atom stereocenters. The molecule has 2 amide bonds. The summed E-state index contributed by atoms with van der Waals surface area (Å²) < 4.78 is 0. The number of alkyl halides is 2. The van der Waals surface area contributed by atoms with Gasteiger partial charge in [-0.05, 0) is 40.5 Å². The number of nitrogens with zero attached hydrogens (tertiary/aromatic N) is 1. The number of rotatable bonds is 1. The summed E-state index contributed by atoms with van der Waals surface area (Å²) in [5.74, 6) is -2.61. The van der Waals surface area contributed by atoms with Crippen molar-refractivity contribution < 1.29 is 9.59 Å². The second kappa shape index (κ2) is 6.26. The maximum Gasteiger partial charge on any atom is 0.240 e. The molecular formula is C24H13Cl4NO2. The summed E-state index contributed by atoms with van der Waals surface area (Å²) >= 11 is 27.3. The van der Waals surface area contributed by atoms with Crippen LogP contribution in [0, 0.1) is 11.8 Å². The van der Waals surface area contributed by atoms with Crippen molar-refractivity contribution in [3.05, 3.63) is 99.0 Å². The van der Waals surface area contributed by atoms with Crippen molar-refractivity contribution in [1.82, 2.24) is 0 Å². The topological polar surface area (TPSA) is 37.4 Å². The lowest BCUT2D eigenvalue weighted by Crippen LogP contribution is -2.57. The minimum Gasteiger partial charge on any atom is -0.274 e. The fourth-order valence-electron chi connectivity index (χ4n) is 5.56. The Bertz CT molecular complexity index is 1200. The third kappa shape index (κ3) is 2.18. The number of amides is 2. The van der Waals surface area contributed by atoms with Gasteiger partial charge < -0.3 is 0 Å². The van der Waals surface area contributed by atoms with E-state index in [4.69, 9.17) is 46.4 Å². The molecule has 7 heteroatoms. The normalized spacial score (nSPS) is 30.3. The van der Waals surface area contributed by atoms with Gasteiger partial charge in [0.05, 0.1) is 22.5 Å². The highest BCUT2D eigenvalue weighted by Crippen LogP contribution is 2.69. The molecule has 3 aromatic carbocycles. The lowest BCUT2D eigenvalue weighted by atomic mass is 9.54. The van der Waals surface area contributed by atoms with Crippen LogP contribution in [0.3, 0.4) is 0 Å². The standard InChI is InChI=1S/C24H13Cl4NO2/c25-12-9-10-17(26)18(11-12)29-21(30)19-20(22(29)31)24(28)14-6-2-1-5-13(14)23(19,27)15-7-3-4-8-16(15)24/h1-11,19-20H/t19-,20-,23?,24?/m0/s1. The van der Waals surface area contributed by atoms with E-state index in [9.17, 15) is 9.59 Å². The summed E-state index contributed by atoms with van der Waals surface area (Å²) in [7, 11) is 0. The molecule has 4 aliphatic rings. The molecule has 3 aliphatic carbocycles. The highest BCUT2D eigenvalue weighted by molar-refractivity contribution is 6.41. The molecule has 0 saturated carbocycles. The highest BCUT2D eigenvalue weighted by atomic mass is 35.5. The van der Waals surface area contributed by atoms with Gasteiger partial charge in [0.15, 0.2) is 0 Å². The summed E-state index contributed by atoms with van der Waals surface area (Å²) in [5, 5.41) is 0.616. The SMILES string of the molecule is O=C1[C@@H]2[C@@H](C(=O)N1c1cc(Cl)ccc1Cl)C1(Cl)c3ccccc3C2(Cl)c2ccccc21. The first-order valence-corrected chi connectivity index (χ1v) is 11.2. The zero-order chi connectivity index (χ0) is 21.7. The number of hydrogen-bond donors (Lipinski definition) is 0. The quantitative estimate of drug-likeness (QED) is 0.307. The van der Waals surface area contributed by atoms with E-state index in [0.29, 0.717) is 5.02 Å². The number of benzene rings is 3. The van der Waals surface area contributed by atoms with Crippen LogP contribution in [-0.4, -0.2) is 11.8 Å². The van der Waals surface area contributed by atoms with E-state index in [0.717, 1.165) is 27.2 Å². The third-order valence-electron chi connectivity index (χ3n) is 6.73. The highest BCUT2D eigenvalue weighted by Gasteiger charge is 2.73. The molecule has 1 fully saturated rings. The molecule has 2 atom stereocenters.